The lowest BCUT2D eigenvalue weighted by Crippen LogP contribution is -2.20. The van der Waals surface area contributed by atoms with Gasteiger partial charge in [-0.25, -0.2) is 0 Å². The van der Waals surface area contributed by atoms with E-state index in [1.54, 1.807) is 19.1 Å². The van der Waals surface area contributed by atoms with Gasteiger partial charge in [0.1, 0.15) is 5.75 Å². The van der Waals surface area contributed by atoms with Gasteiger partial charge in [0.15, 0.2) is 0 Å². The molecule has 1 rings (SSSR count). The summed E-state index contributed by atoms with van der Waals surface area (Å²) in [7, 11) is 0. The van der Waals surface area contributed by atoms with Crippen LogP contribution in [-0.2, 0) is 0 Å². The predicted octanol–water partition coefficient (Wildman–Crippen LogP) is 3.15. The standard InChI is InChI=1S/C10H10F2O/c1-3-10(11,12)13-9-6-4-5-8(2)7-9/h3-7H,1H2,2H3. The summed E-state index contributed by atoms with van der Waals surface area (Å²) < 4.78 is 29.6. The van der Waals surface area contributed by atoms with Gasteiger partial charge in [-0.2, -0.15) is 8.78 Å². The molecule has 1 aromatic rings. The third kappa shape index (κ3) is 2.86. The third-order valence-electron chi connectivity index (χ3n) is 1.48. The van der Waals surface area contributed by atoms with Gasteiger partial charge < -0.3 is 4.74 Å². The second-order valence-corrected chi connectivity index (χ2v) is 2.68. The van der Waals surface area contributed by atoms with Crippen molar-refractivity contribution in [1.82, 2.24) is 0 Å². The third-order valence-corrected chi connectivity index (χ3v) is 1.48. The number of alkyl halides is 2. The fraction of sp³-hybridized carbons (Fsp3) is 0.200. The fourth-order valence-corrected chi connectivity index (χ4v) is 0.878. The van der Waals surface area contributed by atoms with E-state index < -0.39 is 6.11 Å². The summed E-state index contributed by atoms with van der Waals surface area (Å²) in [5.41, 5.74) is 0.873. The van der Waals surface area contributed by atoms with Crippen molar-refractivity contribution in [3.63, 3.8) is 0 Å². The van der Waals surface area contributed by atoms with E-state index >= 15 is 0 Å². The fourth-order valence-electron chi connectivity index (χ4n) is 0.878. The largest absolute Gasteiger partial charge is 0.429 e. The minimum atomic E-state index is -3.30. The van der Waals surface area contributed by atoms with Crippen molar-refractivity contribution in [2.24, 2.45) is 0 Å². The molecular formula is C10H10F2O. The highest BCUT2D eigenvalue weighted by atomic mass is 19.3. The Labute approximate surface area is 75.6 Å². The molecule has 0 aliphatic rings. The first-order valence-corrected chi connectivity index (χ1v) is 3.80. The maximum Gasteiger partial charge on any atom is 0.419 e. The maximum atomic E-state index is 12.6. The van der Waals surface area contributed by atoms with Crippen LogP contribution >= 0.6 is 0 Å². The van der Waals surface area contributed by atoms with E-state index in [-0.39, 0.29) is 5.75 Å². The summed E-state index contributed by atoms with van der Waals surface area (Å²) in [6.07, 6.45) is -2.83. The molecule has 0 aliphatic carbocycles. The van der Waals surface area contributed by atoms with Crippen LogP contribution in [0.15, 0.2) is 36.9 Å². The molecule has 0 fully saturated rings. The van der Waals surface area contributed by atoms with Crippen molar-refractivity contribution in [2.45, 2.75) is 13.0 Å². The zero-order valence-corrected chi connectivity index (χ0v) is 7.26. The first-order chi connectivity index (χ1) is 6.03. The van der Waals surface area contributed by atoms with E-state index in [4.69, 9.17) is 0 Å². The number of benzene rings is 1. The molecule has 0 radical (unpaired) electrons. The zero-order chi connectivity index (χ0) is 9.90. The number of aryl methyl sites for hydroxylation is 1. The van der Waals surface area contributed by atoms with Crippen LogP contribution in [0.2, 0.25) is 0 Å². The van der Waals surface area contributed by atoms with Crippen molar-refractivity contribution in [2.75, 3.05) is 0 Å². The topological polar surface area (TPSA) is 9.23 Å². The molecule has 0 N–H and O–H groups in total. The van der Waals surface area contributed by atoms with Crippen LogP contribution in [0, 0.1) is 6.92 Å². The first kappa shape index (κ1) is 9.71. The highest BCUT2D eigenvalue weighted by Crippen LogP contribution is 2.22. The summed E-state index contributed by atoms with van der Waals surface area (Å²) in [6.45, 7) is 4.78. The second kappa shape index (κ2) is 3.56. The smallest absolute Gasteiger partial charge is 0.419 e. The van der Waals surface area contributed by atoms with Gasteiger partial charge in [-0.05, 0) is 24.6 Å². The Kier molecular flexibility index (Phi) is 2.66. The average Bonchev–Trinajstić information content (AvgIpc) is 2.03. The van der Waals surface area contributed by atoms with Gasteiger partial charge in [0.2, 0.25) is 0 Å². The Hall–Kier alpha value is -1.38. The summed E-state index contributed by atoms with van der Waals surface area (Å²) in [4.78, 5) is 0. The summed E-state index contributed by atoms with van der Waals surface area (Å²) >= 11 is 0. The van der Waals surface area contributed by atoms with Crippen molar-refractivity contribution >= 4 is 0 Å². The molecular weight excluding hydrogens is 174 g/mol. The minimum Gasteiger partial charge on any atom is -0.429 e. The van der Waals surface area contributed by atoms with Crippen LogP contribution in [0.4, 0.5) is 8.78 Å². The maximum absolute atomic E-state index is 12.6. The summed E-state index contributed by atoms with van der Waals surface area (Å²) in [5.74, 6) is 0.143. The van der Waals surface area contributed by atoms with Crippen molar-refractivity contribution in [1.29, 1.82) is 0 Å². The number of hydrogen-bond donors (Lipinski definition) is 0. The van der Waals surface area contributed by atoms with E-state index in [0.29, 0.717) is 6.08 Å². The Morgan fingerprint density at radius 2 is 2.15 bits per heavy atom. The SMILES string of the molecule is C=CC(F)(F)Oc1cccc(C)c1. The molecule has 0 atom stereocenters. The Morgan fingerprint density at radius 3 is 2.69 bits per heavy atom. The predicted molar refractivity (Wildman–Crippen MR) is 47.0 cm³/mol. The van der Waals surface area contributed by atoms with Gasteiger partial charge in [0, 0.05) is 6.08 Å². The lowest BCUT2D eigenvalue weighted by molar-refractivity contribution is -0.131. The summed E-state index contributed by atoms with van der Waals surface area (Å²) in [6, 6.07) is 6.48. The highest BCUT2D eigenvalue weighted by Gasteiger charge is 2.26. The average molecular weight is 184 g/mol. The molecule has 1 nitrogen and oxygen atoms in total. The number of rotatable bonds is 3. The van der Waals surface area contributed by atoms with E-state index in [1.807, 2.05) is 0 Å². The number of ether oxygens (including phenoxy) is 1. The van der Waals surface area contributed by atoms with Gasteiger partial charge >= 0.3 is 6.11 Å². The molecule has 1 aromatic carbocycles. The number of hydrogen-bond acceptors (Lipinski definition) is 1. The van der Waals surface area contributed by atoms with Crippen LogP contribution in [0.1, 0.15) is 5.56 Å². The molecule has 0 aliphatic heterocycles. The van der Waals surface area contributed by atoms with Crippen molar-refractivity contribution < 1.29 is 13.5 Å². The lowest BCUT2D eigenvalue weighted by Gasteiger charge is -2.13. The quantitative estimate of drug-likeness (QED) is 0.655. The van der Waals surface area contributed by atoms with Gasteiger partial charge in [-0.15, -0.1) is 0 Å². The highest BCUT2D eigenvalue weighted by molar-refractivity contribution is 5.27. The van der Waals surface area contributed by atoms with E-state index in [2.05, 4.69) is 11.3 Å². The van der Waals surface area contributed by atoms with Crippen LogP contribution in [0.3, 0.4) is 0 Å². The normalized spacial score (nSPS) is 11.0. The van der Waals surface area contributed by atoms with Crippen LogP contribution in [0.25, 0.3) is 0 Å². The first-order valence-electron chi connectivity index (χ1n) is 3.80. The molecule has 0 amide bonds. The van der Waals surface area contributed by atoms with Crippen LogP contribution in [0.5, 0.6) is 5.75 Å². The monoisotopic (exact) mass is 184 g/mol. The Morgan fingerprint density at radius 1 is 1.46 bits per heavy atom. The molecule has 0 bridgehead atoms. The molecule has 0 saturated heterocycles. The molecule has 0 aromatic heterocycles. The van der Waals surface area contributed by atoms with Gasteiger partial charge in [0.05, 0.1) is 0 Å². The number of halogens is 2. The van der Waals surface area contributed by atoms with Gasteiger partial charge in [-0.3, -0.25) is 0 Å². The Bertz CT molecular complexity index is 308. The van der Waals surface area contributed by atoms with Crippen molar-refractivity contribution in [3.8, 4) is 5.75 Å². The van der Waals surface area contributed by atoms with Crippen LogP contribution < -0.4 is 4.74 Å². The molecule has 13 heavy (non-hydrogen) atoms. The van der Waals surface area contributed by atoms with Crippen LogP contribution in [-0.4, -0.2) is 6.11 Å². The van der Waals surface area contributed by atoms with Gasteiger partial charge in [0.25, 0.3) is 0 Å². The zero-order valence-electron chi connectivity index (χ0n) is 7.26. The molecule has 0 spiro atoms. The molecule has 0 unspecified atom stereocenters. The van der Waals surface area contributed by atoms with E-state index in [1.165, 1.54) is 12.1 Å². The molecule has 3 heteroatoms. The minimum absolute atomic E-state index is 0.143. The van der Waals surface area contributed by atoms with Crippen molar-refractivity contribution in [3.05, 3.63) is 42.5 Å². The summed E-state index contributed by atoms with van der Waals surface area (Å²) in [5, 5.41) is 0. The second-order valence-electron chi connectivity index (χ2n) is 2.68. The molecule has 0 heterocycles. The van der Waals surface area contributed by atoms with Gasteiger partial charge in [-0.1, -0.05) is 18.7 Å². The van der Waals surface area contributed by atoms with E-state index in [0.717, 1.165) is 5.56 Å². The lowest BCUT2D eigenvalue weighted by atomic mass is 10.2. The Balaban J connectivity index is 2.80. The molecule has 70 valence electrons. The molecule has 0 saturated carbocycles. The van der Waals surface area contributed by atoms with E-state index in [9.17, 15) is 8.78 Å².